The summed E-state index contributed by atoms with van der Waals surface area (Å²) in [7, 11) is -3.56. The van der Waals surface area contributed by atoms with E-state index in [1.54, 1.807) is 0 Å². The molecule has 2 N–H and O–H groups in total. The average molecular weight is 429 g/mol. The van der Waals surface area contributed by atoms with E-state index in [1.807, 2.05) is 6.26 Å². The number of hydrogen-bond acceptors (Lipinski definition) is 6. The van der Waals surface area contributed by atoms with Crippen molar-refractivity contribution < 1.29 is 31.1 Å². The molecule has 1 amide bonds. The molecule has 154 valence electrons. The average Bonchev–Trinajstić information content (AvgIpc) is 2.61. The quantitative estimate of drug-likeness (QED) is 0.556. The van der Waals surface area contributed by atoms with E-state index in [0.717, 1.165) is 0 Å². The van der Waals surface area contributed by atoms with Gasteiger partial charge in [-0.2, -0.15) is 24.9 Å². The first-order valence-corrected chi connectivity index (χ1v) is 11.0. The summed E-state index contributed by atoms with van der Waals surface area (Å²) in [4.78, 5) is 16.0. The highest BCUT2D eigenvalue weighted by Gasteiger charge is 2.28. The van der Waals surface area contributed by atoms with Crippen molar-refractivity contribution in [1.82, 2.24) is 15.0 Å². The van der Waals surface area contributed by atoms with Crippen LogP contribution in [0.2, 0.25) is 0 Å². The number of sulfonamides is 1. The van der Waals surface area contributed by atoms with Crippen molar-refractivity contribution in [3.05, 3.63) is 23.9 Å². The molecule has 0 aliphatic heterocycles. The van der Waals surface area contributed by atoms with E-state index < -0.39 is 34.8 Å². The summed E-state index contributed by atoms with van der Waals surface area (Å²) in [5, 5.41) is 2.57. The van der Waals surface area contributed by atoms with Gasteiger partial charge in [0.2, 0.25) is 21.8 Å². The summed E-state index contributed by atoms with van der Waals surface area (Å²) in [5.74, 6) is -0.310. The van der Waals surface area contributed by atoms with E-state index in [0.29, 0.717) is 17.7 Å². The highest BCUT2D eigenvalue weighted by Crippen LogP contribution is 2.17. The number of hydrogen-bond donors (Lipinski definition) is 2. The highest BCUT2D eigenvalue weighted by atomic mass is 32.2. The third-order valence-electron chi connectivity index (χ3n) is 3.28. The molecule has 0 bridgehead atoms. The van der Waals surface area contributed by atoms with Crippen LogP contribution in [0, 0.1) is 0 Å². The van der Waals surface area contributed by atoms with Crippen LogP contribution >= 0.6 is 11.8 Å². The summed E-state index contributed by atoms with van der Waals surface area (Å²) in [6, 6.07) is 1.86. The van der Waals surface area contributed by atoms with Gasteiger partial charge in [-0.05, 0) is 37.0 Å². The molecule has 1 atom stereocenters. The molecule has 12 heteroatoms. The van der Waals surface area contributed by atoms with Gasteiger partial charge in [-0.15, -0.1) is 0 Å². The Hall–Kier alpha value is -1.53. The van der Waals surface area contributed by atoms with Crippen LogP contribution < -0.4 is 14.8 Å². The van der Waals surface area contributed by atoms with Gasteiger partial charge in [-0.25, -0.2) is 18.1 Å². The van der Waals surface area contributed by atoms with Crippen LogP contribution in [0.25, 0.3) is 0 Å². The Kier molecular flexibility index (Phi) is 9.33. The van der Waals surface area contributed by atoms with Gasteiger partial charge in [-0.3, -0.25) is 4.79 Å². The fourth-order valence-electron chi connectivity index (χ4n) is 1.89. The van der Waals surface area contributed by atoms with Crippen LogP contribution in [0.4, 0.5) is 13.2 Å². The van der Waals surface area contributed by atoms with Crippen LogP contribution in [0.5, 0.6) is 5.88 Å². The van der Waals surface area contributed by atoms with Crippen LogP contribution in [-0.2, 0) is 21.4 Å². The topological polar surface area (TPSA) is 97.4 Å². The third kappa shape index (κ3) is 9.82. The fraction of sp³-hybridized carbons (Fsp3) is 0.600. The Morgan fingerprint density at radius 1 is 1.41 bits per heavy atom. The number of aromatic nitrogens is 1. The molecule has 0 aromatic carbocycles. The van der Waals surface area contributed by atoms with Gasteiger partial charge in [-0.1, -0.05) is 0 Å². The zero-order valence-corrected chi connectivity index (χ0v) is 16.5. The van der Waals surface area contributed by atoms with Crippen molar-refractivity contribution >= 4 is 27.7 Å². The largest absolute Gasteiger partial charge is 0.468 e. The van der Waals surface area contributed by atoms with Gasteiger partial charge >= 0.3 is 6.18 Å². The van der Waals surface area contributed by atoms with Crippen LogP contribution in [-0.4, -0.2) is 55.9 Å². The molecular formula is C15H22F3N3O4S2. The molecule has 0 aliphatic rings. The van der Waals surface area contributed by atoms with Crippen LogP contribution in [0.3, 0.4) is 0 Å². The lowest BCUT2D eigenvalue weighted by atomic mass is 10.2. The minimum atomic E-state index is -4.48. The molecule has 0 saturated heterocycles. The van der Waals surface area contributed by atoms with Gasteiger partial charge in [0, 0.05) is 18.8 Å². The smallest absolute Gasteiger partial charge is 0.422 e. The van der Waals surface area contributed by atoms with Gasteiger partial charge in [0.25, 0.3) is 0 Å². The molecule has 1 aromatic rings. The third-order valence-corrected chi connectivity index (χ3v) is 5.33. The number of thioether (sulfide) groups is 1. The number of nitrogens with one attached hydrogen (secondary N) is 2. The minimum Gasteiger partial charge on any atom is -0.468 e. The van der Waals surface area contributed by atoms with E-state index in [2.05, 4.69) is 19.8 Å². The molecule has 0 fully saturated rings. The molecule has 1 rings (SSSR count). The standard InChI is InChI=1S/C15H22F3N3O4S2/c1-3-27(23,24)21-12(5-7-26-2)14(22)20-9-11-4-6-19-13(8-11)25-10-15(16,17)18/h4,6,8,12,21H,3,5,7,9-10H2,1-2H3,(H,20,22). The van der Waals surface area contributed by atoms with E-state index in [4.69, 9.17) is 0 Å². The van der Waals surface area contributed by atoms with Gasteiger partial charge in [0.1, 0.15) is 6.04 Å². The first kappa shape index (κ1) is 23.5. The Labute approximate surface area is 160 Å². The predicted molar refractivity (Wildman–Crippen MR) is 97.0 cm³/mol. The van der Waals surface area contributed by atoms with Gasteiger partial charge in [0.05, 0.1) is 5.75 Å². The number of alkyl halides is 3. The van der Waals surface area contributed by atoms with Crippen molar-refractivity contribution in [3.63, 3.8) is 0 Å². The van der Waals surface area contributed by atoms with Gasteiger partial charge < -0.3 is 10.1 Å². The fourth-order valence-corrected chi connectivity index (χ4v) is 3.18. The lowest BCUT2D eigenvalue weighted by Crippen LogP contribution is -2.47. The molecule has 7 nitrogen and oxygen atoms in total. The van der Waals surface area contributed by atoms with Crippen LogP contribution in [0.15, 0.2) is 18.3 Å². The monoisotopic (exact) mass is 429 g/mol. The Bertz CT molecular complexity index is 715. The molecule has 0 radical (unpaired) electrons. The van der Waals surface area contributed by atoms with Gasteiger partial charge in [0.15, 0.2) is 6.61 Å². The second kappa shape index (κ2) is 10.7. The summed E-state index contributed by atoms with van der Waals surface area (Å²) >= 11 is 1.47. The molecule has 1 unspecified atom stereocenters. The van der Waals surface area contributed by atoms with Crippen molar-refractivity contribution in [2.75, 3.05) is 24.4 Å². The number of halogens is 3. The minimum absolute atomic E-state index is 0.00660. The maximum absolute atomic E-state index is 12.3. The number of carbonyl (C=O) groups excluding carboxylic acids is 1. The van der Waals surface area contributed by atoms with Crippen molar-refractivity contribution in [3.8, 4) is 5.88 Å². The van der Waals surface area contributed by atoms with E-state index in [-0.39, 0.29) is 18.2 Å². The summed E-state index contributed by atoms with van der Waals surface area (Å²) in [6.07, 6.45) is -1.07. The van der Waals surface area contributed by atoms with Crippen molar-refractivity contribution in [1.29, 1.82) is 0 Å². The van der Waals surface area contributed by atoms with E-state index >= 15 is 0 Å². The number of nitrogens with zero attached hydrogens (tertiary/aromatic N) is 1. The predicted octanol–water partition coefficient (Wildman–Crippen LogP) is 1.70. The molecule has 0 aliphatic carbocycles. The molecule has 0 saturated carbocycles. The lowest BCUT2D eigenvalue weighted by Gasteiger charge is -2.18. The van der Waals surface area contributed by atoms with E-state index in [9.17, 15) is 26.4 Å². The first-order valence-electron chi connectivity index (χ1n) is 7.97. The summed E-state index contributed by atoms with van der Waals surface area (Å²) in [6.45, 7) is -0.00989. The lowest BCUT2D eigenvalue weighted by molar-refractivity contribution is -0.154. The summed E-state index contributed by atoms with van der Waals surface area (Å²) < 4.78 is 66.9. The maximum atomic E-state index is 12.3. The van der Waals surface area contributed by atoms with Crippen molar-refractivity contribution in [2.24, 2.45) is 0 Å². The van der Waals surface area contributed by atoms with Crippen LogP contribution in [0.1, 0.15) is 18.9 Å². The zero-order chi connectivity index (χ0) is 20.5. The number of ether oxygens (including phenoxy) is 1. The Morgan fingerprint density at radius 3 is 2.70 bits per heavy atom. The SMILES string of the molecule is CCS(=O)(=O)NC(CCSC)C(=O)NCc1ccnc(OCC(F)(F)F)c1. The second-order valence-corrected chi connectivity index (χ2v) is 8.51. The Balaban J connectivity index is 2.69. The number of rotatable bonds is 11. The first-order chi connectivity index (χ1) is 12.6. The Morgan fingerprint density at radius 2 is 2.11 bits per heavy atom. The normalized spacial score (nSPS) is 13.2. The van der Waals surface area contributed by atoms with Crippen molar-refractivity contribution in [2.45, 2.75) is 32.1 Å². The summed E-state index contributed by atoms with van der Waals surface area (Å²) in [5.41, 5.74) is 0.470. The molecular weight excluding hydrogens is 407 g/mol. The number of amides is 1. The maximum Gasteiger partial charge on any atom is 0.422 e. The molecule has 0 spiro atoms. The molecule has 1 aromatic heterocycles. The second-order valence-electron chi connectivity index (χ2n) is 5.48. The molecule has 1 heterocycles. The number of pyridine rings is 1. The zero-order valence-electron chi connectivity index (χ0n) is 14.9. The molecule has 27 heavy (non-hydrogen) atoms. The van der Waals surface area contributed by atoms with E-state index in [1.165, 1.54) is 37.0 Å². The number of carbonyl (C=O) groups is 1. The highest BCUT2D eigenvalue weighted by molar-refractivity contribution is 7.98.